The first-order valence-corrected chi connectivity index (χ1v) is 6.96. The van der Waals surface area contributed by atoms with E-state index in [4.69, 9.17) is 4.74 Å². The molecule has 0 unspecified atom stereocenters. The molecule has 2 heteroatoms. The molecule has 19 heavy (non-hydrogen) atoms. The van der Waals surface area contributed by atoms with Crippen molar-refractivity contribution in [2.45, 2.75) is 45.6 Å². The number of carbonyl (C=O) groups is 1. The highest BCUT2D eigenvalue weighted by atomic mass is 16.5. The van der Waals surface area contributed by atoms with Gasteiger partial charge in [-0.3, -0.25) is 4.79 Å². The van der Waals surface area contributed by atoms with E-state index < -0.39 is 0 Å². The van der Waals surface area contributed by atoms with Gasteiger partial charge in [0.1, 0.15) is 6.61 Å². The summed E-state index contributed by atoms with van der Waals surface area (Å²) in [6, 6.07) is 9.82. The Morgan fingerprint density at radius 2 is 1.95 bits per heavy atom. The number of ketones is 1. The SMILES string of the molecule is CCCCCCC#CC(=O)COCc1ccccc1. The number of benzene rings is 1. The summed E-state index contributed by atoms with van der Waals surface area (Å²) in [6.07, 6.45) is 5.56. The number of hydrogen-bond donors (Lipinski definition) is 0. The van der Waals surface area contributed by atoms with Crippen molar-refractivity contribution < 1.29 is 9.53 Å². The fraction of sp³-hybridized carbons (Fsp3) is 0.471. The first kappa shape index (κ1) is 15.5. The first-order chi connectivity index (χ1) is 9.33. The Bertz CT molecular complexity index is 412. The Morgan fingerprint density at radius 1 is 1.16 bits per heavy atom. The van der Waals surface area contributed by atoms with Gasteiger partial charge < -0.3 is 4.74 Å². The lowest BCUT2D eigenvalue weighted by Gasteiger charge is -2.00. The van der Waals surface area contributed by atoms with Crippen molar-refractivity contribution in [3.63, 3.8) is 0 Å². The number of ether oxygens (including phenoxy) is 1. The number of rotatable bonds is 8. The van der Waals surface area contributed by atoms with Crippen LogP contribution in [-0.2, 0) is 16.1 Å². The van der Waals surface area contributed by atoms with Crippen LogP contribution >= 0.6 is 0 Å². The molecule has 1 rings (SSSR count). The smallest absolute Gasteiger partial charge is 0.231 e. The maximum absolute atomic E-state index is 11.4. The molecule has 0 saturated carbocycles. The predicted molar refractivity (Wildman–Crippen MR) is 77.6 cm³/mol. The lowest BCUT2D eigenvalue weighted by atomic mass is 10.1. The van der Waals surface area contributed by atoms with Gasteiger partial charge in [0, 0.05) is 6.42 Å². The van der Waals surface area contributed by atoms with E-state index in [1.165, 1.54) is 19.3 Å². The molecule has 0 heterocycles. The van der Waals surface area contributed by atoms with Crippen LogP contribution in [0.1, 0.15) is 44.6 Å². The van der Waals surface area contributed by atoms with Crippen molar-refractivity contribution in [2.75, 3.05) is 6.61 Å². The molecule has 0 aliphatic rings. The second kappa shape index (κ2) is 10.3. The van der Waals surface area contributed by atoms with E-state index in [9.17, 15) is 4.79 Å². The Balaban J connectivity index is 2.09. The molecule has 0 N–H and O–H groups in total. The van der Waals surface area contributed by atoms with Gasteiger partial charge in [-0.25, -0.2) is 0 Å². The lowest BCUT2D eigenvalue weighted by molar-refractivity contribution is -0.118. The van der Waals surface area contributed by atoms with Crippen LogP contribution in [0.15, 0.2) is 30.3 Å². The monoisotopic (exact) mass is 258 g/mol. The zero-order chi connectivity index (χ0) is 13.8. The third-order valence-electron chi connectivity index (χ3n) is 2.73. The molecule has 0 fully saturated rings. The molecule has 102 valence electrons. The summed E-state index contributed by atoms with van der Waals surface area (Å²) in [7, 11) is 0. The van der Waals surface area contributed by atoms with Gasteiger partial charge in [0.05, 0.1) is 6.61 Å². The molecule has 0 atom stereocenters. The van der Waals surface area contributed by atoms with E-state index >= 15 is 0 Å². The maximum atomic E-state index is 11.4. The van der Waals surface area contributed by atoms with Gasteiger partial charge in [-0.2, -0.15) is 0 Å². The van der Waals surface area contributed by atoms with Crippen LogP contribution in [0.2, 0.25) is 0 Å². The summed E-state index contributed by atoms with van der Waals surface area (Å²) in [5, 5.41) is 0. The first-order valence-electron chi connectivity index (χ1n) is 6.96. The van der Waals surface area contributed by atoms with Crippen molar-refractivity contribution in [3.05, 3.63) is 35.9 Å². The third kappa shape index (κ3) is 8.18. The summed E-state index contributed by atoms with van der Waals surface area (Å²) in [4.78, 5) is 11.4. The number of carbonyl (C=O) groups excluding carboxylic acids is 1. The van der Waals surface area contributed by atoms with Crippen LogP contribution in [-0.4, -0.2) is 12.4 Å². The molecule has 1 aromatic carbocycles. The van der Waals surface area contributed by atoms with Gasteiger partial charge in [0.25, 0.3) is 0 Å². The second-order valence-corrected chi connectivity index (χ2v) is 4.51. The zero-order valence-electron chi connectivity index (χ0n) is 11.7. The van der Waals surface area contributed by atoms with Crippen molar-refractivity contribution in [3.8, 4) is 11.8 Å². The molecule has 0 aliphatic heterocycles. The molecule has 0 aromatic heterocycles. The molecule has 0 spiro atoms. The van der Waals surface area contributed by atoms with Crippen molar-refractivity contribution in [1.29, 1.82) is 0 Å². The second-order valence-electron chi connectivity index (χ2n) is 4.51. The normalized spacial score (nSPS) is 9.74. The van der Waals surface area contributed by atoms with Crippen LogP contribution in [0.25, 0.3) is 0 Å². The fourth-order valence-corrected chi connectivity index (χ4v) is 1.67. The van der Waals surface area contributed by atoms with Gasteiger partial charge in [-0.05, 0) is 17.9 Å². The minimum absolute atomic E-state index is 0.0802. The van der Waals surface area contributed by atoms with E-state index in [1.807, 2.05) is 30.3 Å². The highest BCUT2D eigenvalue weighted by Crippen LogP contribution is 2.01. The maximum Gasteiger partial charge on any atom is 0.231 e. The summed E-state index contributed by atoms with van der Waals surface area (Å²) in [5.74, 6) is 5.41. The molecule has 2 nitrogen and oxygen atoms in total. The highest BCUT2D eigenvalue weighted by molar-refractivity contribution is 5.96. The summed E-state index contributed by atoms with van der Waals surface area (Å²) in [6.45, 7) is 2.72. The molecule has 0 saturated heterocycles. The van der Waals surface area contributed by atoms with Gasteiger partial charge in [-0.1, -0.05) is 62.4 Å². The largest absolute Gasteiger partial charge is 0.368 e. The zero-order valence-corrected chi connectivity index (χ0v) is 11.7. The average Bonchev–Trinajstić information content (AvgIpc) is 2.44. The van der Waals surface area contributed by atoms with Crippen molar-refractivity contribution in [2.24, 2.45) is 0 Å². The van der Waals surface area contributed by atoms with Gasteiger partial charge in [-0.15, -0.1) is 0 Å². The van der Waals surface area contributed by atoms with Crippen LogP contribution in [0.5, 0.6) is 0 Å². The molecule has 0 aliphatic carbocycles. The number of unbranched alkanes of at least 4 members (excludes halogenated alkanes) is 4. The Labute approximate surface area is 116 Å². The fourth-order valence-electron chi connectivity index (χ4n) is 1.67. The third-order valence-corrected chi connectivity index (χ3v) is 2.73. The van der Waals surface area contributed by atoms with Gasteiger partial charge in [0.15, 0.2) is 0 Å². The summed E-state index contributed by atoms with van der Waals surface area (Å²) >= 11 is 0. The minimum Gasteiger partial charge on any atom is -0.368 e. The Hall–Kier alpha value is -1.59. The van der Waals surface area contributed by atoms with Crippen molar-refractivity contribution in [1.82, 2.24) is 0 Å². The van der Waals surface area contributed by atoms with Gasteiger partial charge >= 0.3 is 0 Å². The van der Waals surface area contributed by atoms with E-state index in [-0.39, 0.29) is 12.4 Å². The van der Waals surface area contributed by atoms with Crippen LogP contribution in [0, 0.1) is 11.8 Å². The van der Waals surface area contributed by atoms with Crippen LogP contribution < -0.4 is 0 Å². The van der Waals surface area contributed by atoms with E-state index in [2.05, 4.69) is 18.8 Å². The van der Waals surface area contributed by atoms with Crippen molar-refractivity contribution >= 4 is 5.78 Å². The molecule has 1 aromatic rings. The summed E-state index contributed by atoms with van der Waals surface area (Å²) < 4.78 is 5.33. The Kier molecular flexibility index (Phi) is 8.42. The average molecular weight is 258 g/mol. The topological polar surface area (TPSA) is 26.3 Å². The summed E-state index contributed by atoms with van der Waals surface area (Å²) in [5.41, 5.74) is 1.07. The van der Waals surface area contributed by atoms with E-state index in [0.717, 1.165) is 18.4 Å². The quantitative estimate of drug-likeness (QED) is 0.403. The minimum atomic E-state index is -0.133. The molecular formula is C17H22O2. The van der Waals surface area contributed by atoms with Crippen LogP contribution in [0.4, 0.5) is 0 Å². The van der Waals surface area contributed by atoms with Gasteiger partial charge in [0.2, 0.25) is 5.78 Å². The number of Topliss-reactive ketones (excluding diaryl/α,β-unsaturated/α-hetero) is 1. The predicted octanol–water partition coefficient (Wildman–Crippen LogP) is 3.75. The Morgan fingerprint density at radius 3 is 2.68 bits per heavy atom. The molecule has 0 radical (unpaired) electrons. The van der Waals surface area contributed by atoms with E-state index in [1.54, 1.807) is 0 Å². The van der Waals surface area contributed by atoms with Crippen LogP contribution in [0.3, 0.4) is 0 Å². The number of hydrogen-bond acceptors (Lipinski definition) is 2. The van der Waals surface area contributed by atoms with E-state index in [0.29, 0.717) is 6.61 Å². The lowest BCUT2D eigenvalue weighted by Crippen LogP contribution is -2.05. The molecular weight excluding hydrogens is 236 g/mol. The molecule has 0 amide bonds. The standard InChI is InChI=1S/C17H22O2/c1-2-3-4-5-6-10-13-17(18)15-19-14-16-11-8-7-9-12-16/h7-9,11-12H,2-6,14-15H2,1H3. The molecule has 0 bridgehead atoms. The highest BCUT2D eigenvalue weighted by Gasteiger charge is 1.97.